The van der Waals surface area contributed by atoms with E-state index < -0.39 is 6.10 Å². The van der Waals surface area contributed by atoms with E-state index in [1.807, 2.05) is 6.92 Å². The number of pyridine rings is 1. The molecule has 112 valence electrons. The van der Waals surface area contributed by atoms with Crippen molar-refractivity contribution in [3.05, 3.63) is 29.8 Å². The first-order valence-corrected chi connectivity index (χ1v) is 7.52. The van der Waals surface area contributed by atoms with Crippen LogP contribution >= 0.6 is 0 Å². The minimum atomic E-state index is -0.639. The van der Waals surface area contributed by atoms with Crippen LogP contribution in [-0.4, -0.2) is 34.1 Å². The van der Waals surface area contributed by atoms with Crippen molar-refractivity contribution in [3.63, 3.8) is 0 Å². The molecule has 0 amide bonds. The van der Waals surface area contributed by atoms with Gasteiger partial charge in [-0.05, 0) is 44.4 Å². The molecule has 0 aliphatic carbocycles. The summed E-state index contributed by atoms with van der Waals surface area (Å²) in [7, 11) is 0. The quantitative estimate of drug-likeness (QED) is 0.921. The summed E-state index contributed by atoms with van der Waals surface area (Å²) in [6.07, 6.45) is 3.04. The van der Waals surface area contributed by atoms with Crippen LogP contribution in [0.3, 0.4) is 0 Å². The third kappa shape index (κ3) is 3.55. The Hall–Kier alpha value is -1.00. The van der Waals surface area contributed by atoms with Crippen molar-refractivity contribution < 1.29 is 9.50 Å². The minimum Gasteiger partial charge on any atom is -0.386 e. The van der Waals surface area contributed by atoms with Crippen LogP contribution in [-0.2, 0) is 0 Å². The van der Waals surface area contributed by atoms with Crippen molar-refractivity contribution in [1.82, 2.24) is 9.88 Å². The lowest BCUT2D eigenvalue weighted by Crippen LogP contribution is -2.45. The molecular formula is C16H25FN2O. The van der Waals surface area contributed by atoms with Gasteiger partial charge in [-0.15, -0.1) is 0 Å². The van der Waals surface area contributed by atoms with E-state index >= 15 is 0 Å². The lowest BCUT2D eigenvalue weighted by molar-refractivity contribution is 0.0460. The fourth-order valence-electron chi connectivity index (χ4n) is 3.00. The molecule has 0 aromatic carbocycles. The van der Waals surface area contributed by atoms with E-state index in [1.54, 1.807) is 6.07 Å². The molecule has 3 nitrogen and oxygen atoms in total. The molecule has 0 saturated carbocycles. The summed E-state index contributed by atoms with van der Waals surface area (Å²) in [4.78, 5) is 6.43. The molecule has 0 radical (unpaired) electrons. The van der Waals surface area contributed by atoms with Crippen LogP contribution in [0, 0.1) is 17.7 Å². The van der Waals surface area contributed by atoms with E-state index in [0.717, 1.165) is 19.3 Å². The third-order valence-corrected chi connectivity index (χ3v) is 4.62. The van der Waals surface area contributed by atoms with Gasteiger partial charge in [0.05, 0.1) is 18.0 Å². The summed E-state index contributed by atoms with van der Waals surface area (Å²) in [6, 6.07) is 3.47. The highest BCUT2D eigenvalue weighted by Gasteiger charge is 2.28. The molecule has 20 heavy (non-hydrogen) atoms. The molecule has 2 rings (SSSR count). The van der Waals surface area contributed by atoms with Crippen molar-refractivity contribution in [1.29, 1.82) is 0 Å². The molecule has 0 bridgehead atoms. The van der Waals surface area contributed by atoms with E-state index in [9.17, 15) is 9.50 Å². The highest BCUT2D eigenvalue weighted by atomic mass is 19.1. The Labute approximate surface area is 120 Å². The van der Waals surface area contributed by atoms with Crippen LogP contribution in [0.2, 0.25) is 0 Å². The summed E-state index contributed by atoms with van der Waals surface area (Å²) >= 11 is 0. The third-order valence-electron chi connectivity index (χ3n) is 4.62. The summed E-state index contributed by atoms with van der Waals surface area (Å²) in [5, 5.41) is 10.4. The Bertz CT molecular complexity index is 423. The average Bonchev–Trinajstić information content (AvgIpc) is 2.44. The molecule has 1 fully saturated rings. The van der Waals surface area contributed by atoms with Crippen molar-refractivity contribution in [3.8, 4) is 0 Å². The fourth-order valence-corrected chi connectivity index (χ4v) is 3.00. The Morgan fingerprint density at radius 1 is 1.45 bits per heavy atom. The normalized spacial score (nSPS) is 27.2. The number of aliphatic hydroxyl groups excluding tert-OH is 1. The number of nitrogens with zero attached hydrogens (tertiary/aromatic N) is 2. The summed E-state index contributed by atoms with van der Waals surface area (Å²) < 4.78 is 12.9. The van der Waals surface area contributed by atoms with Gasteiger partial charge in [0.2, 0.25) is 0 Å². The van der Waals surface area contributed by atoms with Crippen molar-refractivity contribution in [2.75, 3.05) is 13.1 Å². The smallest absolute Gasteiger partial charge is 0.141 e. The van der Waals surface area contributed by atoms with Crippen molar-refractivity contribution in [2.45, 2.75) is 45.8 Å². The first kappa shape index (κ1) is 15.4. The highest BCUT2D eigenvalue weighted by molar-refractivity contribution is 5.09. The predicted molar refractivity (Wildman–Crippen MR) is 77.8 cm³/mol. The molecule has 1 saturated heterocycles. The second-order valence-corrected chi connectivity index (χ2v) is 6.18. The number of aromatic nitrogens is 1. The van der Waals surface area contributed by atoms with E-state index in [0.29, 0.717) is 17.7 Å². The average molecular weight is 280 g/mol. The summed E-state index contributed by atoms with van der Waals surface area (Å²) in [6.45, 7) is 8.53. The maximum Gasteiger partial charge on any atom is 0.141 e. The van der Waals surface area contributed by atoms with Crippen LogP contribution in [0.25, 0.3) is 0 Å². The zero-order valence-corrected chi connectivity index (χ0v) is 12.6. The SMILES string of the molecule is CC(CN1CCCC(C)C1C)C(O)c1ccc(F)cn1. The Balaban J connectivity index is 1.96. The first-order chi connectivity index (χ1) is 9.49. The first-order valence-electron chi connectivity index (χ1n) is 7.52. The molecule has 4 heteroatoms. The molecule has 0 spiro atoms. The molecule has 1 N–H and O–H groups in total. The second-order valence-electron chi connectivity index (χ2n) is 6.18. The fraction of sp³-hybridized carbons (Fsp3) is 0.688. The number of hydrogen-bond acceptors (Lipinski definition) is 3. The number of rotatable bonds is 4. The topological polar surface area (TPSA) is 36.4 Å². The van der Waals surface area contributed by atoms with Gasteiger partial charge < -0.3 is 10.0 Å². The number of piperidine rings is 1. The summed E-state index contributed by atoms with van der Waals surface area (Å²) in [5.41, 5.74) is 0.552. The van der Waals surface area contributed by atoms with Gasteiger partial charge in [0, 0.05) is 18.5 Å². The molecule has 1 aromatic heterocycles. The molecule has 4 atom stereocenters. The van der Waals surface area contributed by atoms with Gasteiger partial charge in [0.1, 0.15) is 5.82 Å². The number of likely N-dealkylation sites (tertiary alicyclic amines) is 1. The van der Waals surface area contributed by atoms with Crippen LogP contribution in [0.15, 0.2) is 18.3 Å². The summed E-state index contributed by atoms with van der Waals surface area (Å²) in [5.74, 6) is 0.421. The van der Waals surface area contributed by atoms with Crippen LogP contribution in [0.1, 0.15) is 45.4 Å². The van der Waals surface area contributed by atoms with Crippen molar-refractivity contribution >= 4 is 0 Å². The number of hydrogen-bond donors (Lipinski definition) is 1. The Morgan fingerprint density at radius 2 is 2.20 bits per heavy atom. The second kappa shape index (κ2) is 6.64. The maximum absolute atomic E-state index is 12.9. The van der Waals surface area contributed by atoms with Gasteiger partial charge in [0.25, 0.3) is 0 Å². The van der Waals surface area contributed by atoms with Gasteiger partial charge >= 0.3 is 0 Å². The molecule has 1 aliphatic heterocycles. The zero-order chi connectivity index (χ0) is 14.7. The van der Waals surface area contributed by atoms with E-state index in [4.69, 9.17) is 0 Å². The Kier molecular flexibility index (Phi) is 5.11. The van der Waals surface area contributed by atoms with Gasteiger partial charge in [-0.3, -0.25) is 4.98 Å². The van der Waals surface area contributed by atoms with Crippen LogP contribution < -0.4 is 0 Å². The van der Waals surface area contributed by atoms with E-state index in [-0.39, 0.29) is 11.7 Å². The molecule has 4 unspecified atom stereocenters. The van der Waals surface area contributed by atoms with Crippen LogP contribution in [0.4, 0.5) is 4.39 Å². The lowest BCUT2D eigenvalue weighted by Gasteiger charge is -2.39. The largest absolute Gasteiger partial charge is 0.386 e. The minimum absolute atomic E-state index is 0.0840. The van der Waals surface area contributed by atoms with Gasteiger partial charge in [0.15, 0.2) is 0 Å². The van der Waals surface area contributed by atoms with Gasteiger partial charge in [-0.1, -0.05) is 13.8 Å². The molecule has 1 aliphatic rings. The molecular weight excluding hydrogens is 255 g/mol. The molecule has 1 aromatic rings. The number of halogens is 1. The monoisotopic (exact) mass is 280 g/mol. The number of aliphatic hydroxyl groups is 1. The zero-order valence-electron chi connectivity index (χ0n) is 12.6. The van der Waals surface area contributed by atoms with E-state index in [1.165, 1.54) is 18.9 Å². The molecule has 2 heterocycles. The van der Waals surface area contributed by atoms with Gasteiger partial charge in [-0.2, -0.15) is 0 Å². The van der Waals surface area contributed by atoms with Gasteiger partial charge in [-0.25, -0.2) is 4.39 Å². The lowest BCUT2D eigenvalue weighted by atomic mass is 9.90. The standard InChI is InChI=1S/C16H25FN2O/c1-11-5-4-8-19(13(11)3)10-12(2)16(20)15-7-6-14(17)9-18-15/h6-7,9,11-13,16,20H,4-5,8,10H2,1-3H3. The van der Waals surface area contributed by atoms with E-state index in [2.05, 4.69) is 23.7 Å². The maximum atomic E-state index is 12.9. The highest BCUT2D eigenvalue weighted by Crippen LogP contribution is 2.27. The predicted octanol–water partition coefficient (Wildman–Crippen LogP) is 3.01. The van der Waals surface area contributed by atoms with Crippen LogP contribution in [0.5, 0.6) is 0 Å². The van der Waals surface area contributed by atoms with Crippen molar-refractivity contribution in [2.24, 2.45) is 11.8 Å². The Morgan fingerprint density at radius 3 is 2.85 bits per heavy atom.